The predicted molar refractivity (Wildman–Crippen MR) is 230 cm³/mol. The highest BCUT2D eigenvalue weighted by molar-refractivity contribution is 7.51. The number of unbranched alkanes of at least 4 members (excludes halogenated alkanes) is 13. The summed E-state index contributed by atoms with van der Waals surface area (Å²) in [6.45, 7) is 7.79. The highest BCUT2D eigenvalue weighted by Crippen LogP contribution is 2.47. The molecule has 1 aliphatic heterocycles. The number of carbonyl (C=O) groups is 2. The maximum absolute atomic E-state index is 14.2. The van der Waals surface area contributed by atoms with E-state index in [-0.39, 0.29) is 41.5 Å². The van der Waals surface area contributed by atoms with Crippen molar-refractivity contribution < 1.29 is 47.6 Å². The first-order valence-electron chi connectivity index (χ1n) is 21.8. The van der Waals surface area contributed by atoms with Crippen LogP contribution in [0.15, 0.2) is 30.5 Å². The number of esters is 1. The number of aromatic nitrogens is 3. The van der Waals surface area contributed by atoms with Crippen LogP contribution in [-0.2, 0) is 39.2 Å². The minimum absolute atomic E-state index is 0.000541. The van der Waals surface area contributed by atoms with Crippen molar-refractivity contribution in [3.63, 3.8) is 0 Å². The second-order valence-corrected chi connectivity index (χ2v) is 17.6. The van der Waals surface area contributed by atoms with E-state index >= 15 is 0 Å². The zero-order valence-electron chi connectivity index (χ0n) is 36.0. The first-order valence-corrected chi connectivity index (χ1v) is 23.3. The van der Waals surface area contributed by atoms with Gasteiger partial charge in [0.1, 0.15) is 41.6 Å². The van der Waals surface area contributed by atoms with E-state index in [0.717, 1.165) is 24.0 Å². The number of fused-ring (bicyclic) bond motifs is 1. The summed E-state index contributed by atoms with van der Waals surface area (Å²) in [5.74, 6) is -1.18. The van der Waals surface area contributed by atoms with Crippen molar-refractivity contribution in [2.24, 2.45) is 5.73 Å². The maximum atomic E-state index is 14.2. The molecule has 336 valence electrons. The number of hydrogen-bond acceptors (Lipinski definition) is 13. The van der Waals surface area contributed by atoms with Crippen LogP contribution in [0.3, 0.4) is 0 Å². The summed E-state index contributed by atoms with van der Waals surface area (Å²) in [7, 11) is -4.30. The van der Waals surface area contributed by atoms with Crippen LogP contribution in [0.1, 0.15) is 144 Å². The Morgan fingerprint density at radius 2 is 1.50 bits per heavy atom. The Labute approximate surface area is 355 Å². The minimum Gasteiger partial charge on any atom is -0.464 e. The van der Waals surface area contributed by atoms with E-state index in [9.17, 15) is 24.4 Å². The van der Waals surface area contributed by atoms with Crippen molar-refractivity contribution in [3.8, 4) is 0 Å². The van der Waals surface area contributed by atoms with Crippen molar-refractivity contribution in [2.75, 3.05) is 32.2 Å². The summed E-state index contributed by atoms with van der Waals surface area (Å²) in [6.07, 6.45) is 14.4. The summed E-state index contributed by atoms with van der Waals surface area (Å²) >= 11 is 0. The van der Waals surface area contributed by atoms with Crippen LogP contribution in [-0.4, -0.2) is 87.4 Å². The maximum Gasteiger partial charge on any atom is 0.406 e. The fourth-order valence-electron chi connectivity index (χ4n) is 7.23. The van der Waals surface area contributed by atoms with Crippen molar-refractivity contribution in [3.05, 3.63) is 53.0 Å². The molecule has 0 spiro atoms. The zero-order valence-corrected chi connectivity index (χ0v) is 36.9. The molecule has 60 heavy (non-hydrogen) atoms. The first kappa shape index (κ1) is 49.2. The van der Waals surface area contributed by atoms with Gasteiger partial charge in [-0.15, -0.1) is 0 Å². The molecule has 0 bridgehead atoms. The van der Waals surface area contributed by atoms with Gasteiger partial charge in [0.2, 0.25) is 0 Å². The minimum atomic E-state index is -4.30. The third-order valence-corrected chi connectivity index (χ3v) is 12.4. The van der Waals surface area contributed by atoms with Gasteiger partial charge >= 0.3 is 13.7 Å². The lowest BCUT2D eigenvalue weighted by Crippen LogP contribution is -2.37. The topological polar surface area (TPSA) is 233 Å². The highest BCUT2D eigenvalue weighted by atomic mass is 31.2. The smallest absolute Gasteiger partial charge is 0.406 e. The fraction of sp³-hybridized carbons (Fsp3) is 0.674. The summed E-state index contributed by atoms with van der Waals surface area (Å²) in [5, 5.41) is 24.9. The molecule has 0 radical (unpaired) electrons. The van der Waals surface area contributed by atoms with Crippen LogP contribution in [0, 0.1) is 13.8 Å². The van der Waals surface area contributed by atoms with E-state index in [1.165, 1.54) is 94.7 Å². The van der Waals surface area contributed by atoms with E-state index in [2.05, 4.69) is 22.0 Å². The van der Waals surface area contributed by atoms with Gasteiger partial charge in [0, 0.05) is 25.8 Å². The van der Waals surface area contributed by atoms with Gasteiger partial charge < -0.3 is 40.5 Å². The number of ether oxygens (including phenoxy) is 3. The Bertz CT molecular complexity index is 1830. The number of aliphatic hydroxyl groups excluding tert-OH is 2. The third-order valence-electron chi connectivity index (χ3n) is 10.8. The monoisotopic (exact) mass is 860 g/mol. The van der Waals surface area contributed by atoms with E-state index < -0.39 is 56.8 Å². The van der Waals surface area contributed by atoms with E-state index in [1.54, 1.807) is 6.92 Å². The van der Waals surface area contributed by atoms with Gasteiger partial charge in [-0.05, 0) is 38.3 Å². The Kier molecular flexibility index (Phi) is 20.9. The molecule has 4 rings (SSSR count). The third kappa shape index (κ3) is 15.2. The molecule has 16 nitrogen and oxygen atoms in total. The second-order valence-electron chi connectivity index (χ2n) is 15.8. The number of rotatable bonds is 30. The van der Waals surface area contributed by atoms with E-state index in [0.29, 0.717) is 19.6 Å². The number of primary amides is 1. The number of amides is 1. The van der Waals surface area contributed by atoms with Crippen LogP contribution in [0.2, 0.25) is 0 Å². The molecular formula is C43H69N6O10P. The summed E-state index contributed by atoms with van der Waals surface area (Å²) in [5.41, 5.74) is 13.5. The number of hydrogen-bond donors (Lipinski definition) is 5. The number of nitrogens with one attached hydrogen (secondary N) is 1. The normalized spacial score (nSPS) is 19.4. The summed E-state index contributed by atoms with van der Waals surface area (Å²) in [6, 6.07) is 6.25. The van der Waals surface area contributed by atoms with E-state index in [1.807, 2.05) is 31.2 Å². The van der Waals surface area contributed by atoms with Crippen LogP contribution >= 0.6 is 7.75 Å². The highest BCUT2D eigenvalue weighted by Gasteiger charge is 2.46. The molecule has 6 atom stereocenters. The average Bonchev–Trinajstić information content (AvgIpc) is 3.73. The lowest BCUT2D eigenvalue weighted by Gasteiger charge is -2.24. The lowest BCUT2D eigenvalue weighted by molar-refractivity contribution is -0.145. The molecule has 1 saturated heterocycles. The molecular weight excluding hydrogens is 791 g/mol. The first-order chi connectivity index (χ1) is 28.8. The van der Waals surface area contributed by atoms with Crippen LogP contribution in [0.4, 0.5) is 5.82 Å². The number of nitrogens with two attached hydrogens (primary N) is 2. The van der Waals surface area contributed by atoms with Gasteiger partial charge in [-0.25, -0.2) is 19.6 Å². The molecule has 0 saturated carbocycles. The Balaban J connectivity index is 1.21. The zero-order chi connectivity index (χ0) is 43.5. The molecule has 7 N–H and O–H groups in total. The molecule has 17 heteroatoms. The quantitative estimate of drug-likeness (QED) is 0.0256. The Morgan fingerprint density at radius 1 is 0.883 bits per heavy atom. The van der Waals surface area contributed by atoms with Gasteiger partial charge in [0.25, 0.3) is 5.91 Å². The number of aliphatic hydroxyl groups is 2. The van der Waals surface area contributed by atoms with Crippen molar-refractivity contribution >= 4 is 36.5 Å². The molecule has 3 aromatic rings. The molecule has 2 aromatic heterocycles. The second kappa shape index (κ2) is 25.5. The van der Waals surface area contributed by atoms with E-state index in [4.69, 9.17) is 34.7 Å². The van der Waals surface area contributed by atoms with Crippen LogP contribution in [0.5, 0.6) is 0 Å². The molecule has 1 aliphatic rings. The number of aryl methyl sites for hydroxylation is 2. The Morgan fingerprint density at radius 3 is 2.13 bits per heavy atom. The summed E-state index contributed by atoms with van der Waals surface area (Å²) < 4.78 is 44.3. The standard InChI is InChI=1S/C43H69N6O10P/c1-5-6-7-8-9-10-11-12-13-14-15-16-17-20-24-55-25-21-26-56-43(53)31(3)48-60(54,57-28-33-23-19-18-22-30(33)2)58-29-35-37(50)38(51)42(59-35)49-27-34(40(45)52)36-39(44)46-32(4)47-41(36)49/h18-19,22-23,27,31,35,37-38,42,50-51H,5-17,20-21,24-26,28-29H2,1-4H3,(H2,45,52)(H,48,54)(H2,44,46,47)/t31-,35+,37+,38+,42+,60?/m0/s1. The van der Waals surface area contributed by atoms with Crippen LogP contribution in [0.25, 0.3) is 11.0 Å². The number of benzene rings is 1. The van der Waals surface area contributed by atoms with Gasteiger partial charge in [0.15, 0.2) is 6.23 Å². The van der Waals surface area contributed by atoms with Crippen molar-refractivity contribution in [1.29, 1.82) is 0 Å². The fourth-order valence-corrected chi connectivity index (χ4v) is 8.68. The molecule has 1 aromatic carbocycles. The predicted octanol–water partition coefficient (Wildman–Crippen LogP) is 7.10. The number of nitrogens with zero attached hydrogens (tertiary/aromatic N) is 3. The lowest BCUT2D eigenvalue weighted by atomic mass is 10.0. The summed E-state index contributed by atoms with van der Waals surface area (Å²) in [4.78, 5) is 33.7. The van der Waals surface area contributed by atoms with Gasteiger partial charge in [0.05, 0.1) is 30.8 Å². The SMILES string of the molecule is CCCCCCCCCCCCCCCCOCCCOC(=O)[C@H](C)NP(=O)(OCc1ccccc1C)OC[C@H]1O[C@@H](n2cc(C(N)=O)c3c(N)nc(C)nc32)[C@H](O)[C@@H]1O. The average molecular weight is 861 g/mol. The Hall–Kier alpha value is -3.47. The van der Waals surface area contributed by atoms with Gasteiger partial charge in [-0.1, -0.05) is 115 Å². The number of carbonyl (C=O) groups excluding carboxylic acids is 2. The number of anilines is 1. The number of nitrogen functional groups attached to an aromatic ring is 1. The molecule has 0 aliphatic carbocycles. The van der Waals surface area contributed by atoms with Gasteiger partial charge in [-0.2, -0.15) is 0 Å². The molecule has 1 fully saturated rings. The largest absolute Gasteiger partial charge is 0.464 e. The van der Waals surface area contributed by atoms with Crippen LogP contribution < -0.4 is 16.6 Å². The molecule has 3 heterocycles. The van der Waals surface area contributed by atoms with Crippen molar-refractivity contribution in [1.82, 2.24) is 19.6 Å². The molecule has 1 amide bonds. The van der Waals surface area contributed by atoms with Gasteiger partial charge in [-0.3, -0.25) is 18.6 Å². The molecule has 1 unspecified atom stereocenters. The van der Waals surface area contributed by atoms with Crippen molar-refractivity contribution in [2.45, 2.75) is 161 Å².